The van der Waals surface area contributed by atoms with E-state index in [9.17, 15) is 14.4 Å². The molecule has 0 saturated heterocycles. The molecule has 3 aromatic carbocycles. The third kappa shape index (κ3) is 8.66. The quantitative estimate of drug-likeness (QED) is 0.284. The number of anilines is 1. The second-order valence-corrected chi connectivity index (χ2v) is 8.77. The molecular formula is C27H28N2O6S. The molecule has 8 nitrogen and oxygen atoms in total. The highest BCUT2D eigenvalue weighted by molar-refractivity contribution is 7.99. The van der Waals surface area contributed by atoms with Crippen molar-refractivity contribution in [1.82, 2.24) is 5.32 Å². The zero-order valence-corrected chi connectivity index (χ0v) is 20.9. The van der Waals surface area contributed by atoms with Crippen molar-refractivity contribution >= 4 is 35.4 Å². The number of alkyl carbamates (subject to hydrolysis) is 1. The zero-order valence-electron chi connectivity index (χ0n) is 20.1. The van der Waals surface area contributed by atoms with Gasteiger partial charge in [0.15, 0.2) is 0 Å². The SMILES string of the molecule is COC(=O)C(CSc1cc(NC(C)=O)ccc1OCc1ccccc1)NC(=O)OCc1ccccc1. The van der Waals surface area contributed by atoms with Crippen LogP contribution >= 0.6 is 11.8 Å². The number of hydrogen-bond donors (Lipinski definition) is 2. The summed E-state index contributed by atoms with van der Waals surface area (Å²) >= 11 is 1.28. The minimum absolute atomic E-state index is 0.0734. The number of methoxy groups -OCH3 is 1. The summed E-state index contributed by atoms with van der Waals surface area (Å²) < 4.78 is 16.1. The van der Waals surface area contributed by atoms with Crippen LogP contribution in [-0.2, 0) is 32.3 Å². The fraction of sp³-hybridized carbons (Fsp3) is 0.222. The Balaban J connectivity index is 1.68. The third-order valence-corrected chi connectivity index (χ3v) is 6.03. The van der Waals surface area contributed by atoms with E-state index in [2.05, 4.69) is 10.6 Å². The minimum Gasteiger partial charge on any atom is -0.488 e. The van der Waals surface area contributed by atoms with Gasteiger partial charge in [0.2, 0.25) is 5.91 Å². The molecule has 2 amide bonds. The van der Waals surface area contributed by atoms with Crippen molar-refractivity contribution in [2.75, 3.05) is 18.2 Å². The molecule has 3 aromatic rings. The van der Waals surface area contributed by atoms with Crippen molar-refractivity contribution in [2.24, 2.45) is 0 Å². The first-order chi connectivity index (χ1) is 17.4. The van der Waals surface area contributed by atoms with Crippen LogP contribution in [0.4, 0.5) is 10.5 Å². The van der Waals surface area contributed by atoms with Gasteiger partial charge < -0.3 is 24.8 Å². The van der Waals surface area contributed by atoms with Gasteiger partial charge in [0, 0.05) is 18.4 Å². The molecule has 1 atom stereocenters. The van der Waals surface area contributed by atoms with Crippen molar-refractivity contribution < 1.29 is 28.6 Å². The average Bonchev–Trinajstić information content (AvgIpc) is 2.89. The summed E-state index contributed by atoms with van der Waals surface area (Å²) in [6.07, 6.45) is -0.734. The van der Waals surface area contributed by atoms with E-state index >= 15 is 0 Å². The zero-order chi connectivity index (χ0) is 25.8. The van der Waals surface area contributed by atoms with Crippen LogP contribution in [0.25, 0.3) is 0 Å². The molecule has 188 valence electrons. The van der Waals surface area contributed by atoms with Crippen LogP contribution in [0, 0.1) is 0 Å². The van der Waals surface area contributed by atoms with Crippen molar-refractivity contribution in [1.29, 1.82) is 0 Å². The molecule has 0 radical (unpaired) electrons. The van der Waals surface area contributed by atoms with Crippen molar-refractivity contribution in [3.05, 3.63) is 90.0 Å². The molecule has 3 rings (SSSR count). The van der Waals surface area contributed by atoms with E-state index in [0.717, 1.165) is 11.1 Å². The topological polar surface area (TPSA) is 103 Å². The normalized spacial score (nSPS) is 11.2. The number of thioether (sulfide) groups is 1. The van der Waals surface area contributed by atoms with E-state index in [-0.39, 0.29) is 18.3 Å². The second-order valence-electron chi connectivity index (χ2n) is 7.71. The first-order valence-electron chi connectivity index (χ1n) is 11.2. The lowest BCUT2D eigenvalue weighted by atomic mass is 10.2. The van der Waals surface area contributed by atoms with Crippen LogP contribution in [0.2, 0.25) is 0 Å². The van der Waals surface area contributed by atoms with Gasteiger partial charge in [-0.2, -0.15) is 0 Å². The van der Waals surface area contributed by atoms with Crippen molar-refractivity contribution in [3.63, 3.8) is 0 Å². The van der Waals surface area contributed by atoms with Crippen LogP contribution in [0.1, 0.15) is 18.1 Å². The number of rotatable bonds is 11. The summed E-state index contributed by atoms with van der Waals surface area (Å²) in [5.74, 6) is -0.0884. The molecule has 0 spiro atoms. The molecule has 0 aromatic heterocycles. The number of esters is 1. The maximum absolute atomic E-state index is 12.4. The van der Waals surface area contributed by atoms with E-state index in [4.69, 9.17) is 14.2 Å². The molecule has 0 aliphatic carbocycles. The highest BCUT2D eigenvalue weighted by Crippen LogP contribution is 2.33. The Hall–Kier alpha value is -3.98. The second kappa shape index (κ2) is 13.8. The molecule has 1 unspecified atom stereocenters. The Morgan fingerprint density at radius 3 is 2.14 bits per heavy atom. The monoisotopic (exact) mass is 508 g/mol. The largest absolute Gasteiger partial charge is 0.488 e. The van der Waals surface area contributed by atoms with E-state index in [1.165, 1.54) is 25.8 Å². The van der Waals surface area contributed by atoms with E-state index < -0.39 is 18.1 Å². The lowest BCUT2D eigenvalue weighted by molar-refractivity contribution is -0.142. The molecular weight excluding hydrogens is 480 g/mol. The number of nitrogens with one attached hydrogen (secondary N) is 2. The number of carbonyl (C=O) groups is 3. The standard InChI is InChI=1S/C27H28N2O6S/c1-19(30)28-22-13-14-24(34-16-20-9-5-3-6-10-20)25(15-22)36-18-23(26(31)33-2)29-27(32)35-17-21-11-7-4-8-12-21/h3-15,23H,16-18H2,1-2H3,(H,28,30)(H,29,32). The smallest absolute Gasteiger partial charge is 0.408 e. The molecule has 0 saturated carbocycles. The maximum atomic E-state index is 12.4. The van der Waals surface area contributed by atoms with Gasteiger partial charge in [0.25, 0.3) is 0 Å². The number of carbonyl (C=O) groups excluding carboxylic acids is 3. The van der Waals surface area contributed by atoms with Crippen LogP contribution in [0.3, 0.4) is 0 Å². The Morgan fingerprint density at radius 1 is 0.889 bits per heavy atom. The number of benzene rings is 3. The Morgan fingerprint density at radius 2 is 1.53 bits per heavy atom. The molecule has 0 fully saturated rings. The van der Waals surface area contributed by atoms with Crippen LogP contribution in [-0.4, -0.2) is 36.9 Å². The average molecular weight is 509 g/mol. The minimum atomic E-state index is -0.963. The molecule has 0 bridgehead atoms. The number of amides is 2. The van der Waals surface area contributed by atoms with Gasteiger partial charge in [-0.05, 0) is 29.3 Å². The van der Waals surface area contributed by atoms with Gasteiger partial charge in [-0.25, -0.2) is 9.59 Å². The first-order valence-corrected chi connectivity index (χ1v) is 12.2. The third-order valence-electron chi connectivity index (χ3n) is 4.90. The van der Waals surface area contributed by atoms with Crippen LogP contribution in [0.15, 0.2) is 83.8 Å². The van der Waals surface area contributed by atoms with E-state index in [0.29, 0.717) is 22.9 Å². The van der Waals surface area contributed by atoms with Gasteiger partial charge >= 0.3 is 12.1 Å². The molecule has 0 heterocycles. The summed E-state index contributed by atoms with van der Waals surface area (Å²) in [4.78, 5) is 36.9. The van der Waals surface area contributed by atoms with Gasteiger partial charge in [-0.3, -0.25) is 4.79 Å². The van der Waals surface area contributed by atoms with Crippen molar-refractivity contribution in [2.45, 2.75) is 31.1 Å². The first kappa shape index (κ1) is 26.6. The van der Waals surface area contributed by atoms with E-state index in [1.807, 2.05) is 60.7 Å². The van der Waals surface area contributed by atoms with Gasteiger partial charge in [-0.1, -0.05) is 60.7 Å². The molecule has 2 N–H and O–H groups in total. The highest BCUT2D eigenvalue weighted by Gasteiger charge is 2.23. The van der Waals surface area contributed by atoms with Crippen molar-refractivity contribution in [3.8, 4) is 5.75 Å². The van der Waals surface area contributed by atoms with Gasteiger partial charge in [0.1, 0.15) is 25.0 Å². The maximum Gasteiger partial charge on any atom is 0.408 e. The lowest BCUT2D eigenvalue weighted by Gasteiger charge is -2.18. The highest BCUT2D eigenvalue weighted by atomic mass is 32.2. The summed E-state index contributed by atoms with van der Waals surface area (Å²) in [5.41, 5.74) is 2.41. The predicted molar refractivity (Wildman–Crippen MR) is 138 cm³/mol. The Labute approximate surface area is 214 Å². The van der Waals surface area contributed by atoms with Gasteiger partial charge in [-0.15, -0.1) is 11.8 Å². The Kier molecular flexibility index (Phi) is 10.2. The van der Waals surface area contributed by atoms with E-state index in [1.54, 1.807) is 18.2 Å². The Bertz CT molecular complexity index is 1160. The van der Waals surface area contributed by atoms with Gasteiger partial charge in [0.05, 0.1) is 12.0 Å². The molecule has 9 heteroatoms. The fourth-order valence-corrected chi connectivity index (χ4v) is 4.19. The number of hydrogen-bond acceptors (Lipinski definition) is 7. The summed E-state index contributed by atoms with van der Waals surface area (Å²) in [7, 11) is 1.25. The summed E-state index contributed by atoms with van der Waals surface area (Å²) in [5, 5.41) is 5.31. The molecule has 36 heavy (non-hydrogen) atoms. The predicted octanol–water partition coefficient (Wildman–Crippen LogP) is 4.78. The van der Waals surface area contributed by atoms with Crippen LogP contribution in [0.5, 0.6) is 5.75 Å². The molecule has 0 aliphatic heterocycles. The molecule has 0 aliphatic rings. The number of ether oxygens (including phenoxy) is 3. The lowest BCUT2D eigenvalue weighted by Crippen LogP contribution is -2.43. The summed E-state index contributed by atoms with van der Waals surface area (Å²) in [6, 6.07) is 23.2. The fourth-order valence-electron chi connectivity index (χ4n) is 3.15. The summed E-state index contributed by atoms with van der Waals surface area (Å²) in [6.45, 7) is 1.84. The van der Waals surface area contributed by atoms with Crippen LogP contribution < -0.4 is 15.4 Å².